The Hall–Kier alpha value is -1.61. The van der Waals surface area contributed by atoms with Gasteiger partial charge in [-0.15, -0.1) is 6.42 Å². The molecule has 0 saturated carbocycles. The van der Waals surface area contributed by atoms with Gasteiger partial charge in [0.05, 0.1) is 16.1 Å². The van der Waals surface area contributed by atoms with Gasteiger partial charge in [-0.2, -0.15) is 0 Å². The molecular weight excluding hydrogens is 445 g/mol. The van der Waals surface area contributed by atoms with Crippen LogP contribution in [0.1, 0.15) is 21.5 Å². The van der Waals surface area contributed by atoms with Crippen molar-refractivity contribution < 1.29 is 9.53 Å². The monoisotopic (exact) mass is 455 g/mol. The smallest absolute Gasteiger partial charge is 0.337 e. The van der Waals surface area contributed by atoms with Crippen LogP contribution in [0, 0.1) is 12.3 Å². The summed E-state index contributed by atoms with van der Waals surface area (Å²) < 4.78 is 5.44. The van der Waals surface area contributed by atoms with E-state index in [0.717, 1.165) is 14.5 Å². The normalized spacial score (nSPS) is 9.00. The molecule has 6 heteroatoms. The highest BCUT2D eigenvalue weighted by atomic mass is 79.9. The minimum atomic E-state index is -0.321. The van der Waals surface area contributed by atoms with E-state index in [1.165, 1.54) is 7.11 Å². The summed E-state index contributed by atoms with van der Waals surface area (Å²) in [6, 6.07) is 10.5. The van der Waals surface area contributed by atoms with E-state index in [-0.39, 0.29) is 5.97 Å². The fourth-order valence-corrected chi connectivity index (χ4v) is 2.06. The van der Waals surface area contributed by atoms with Gasteiger partial charge in [-0.3, -0.25) is 0 Å². The molecule has 0 N–H and O–H groups in total. The number of esters is 1. The molecule has 0 atom stereocenters. The predicted molar refractivity (Wildman–Crippen MR) is 101 cm³/mol. The van der Waals surface area contributed by atoms with Gasteiger partial charge in [-0.1, -0.05) is 29.7 Å². The Morgan fingerprint density at radius 1 is 1.26 bits per heavy atom. The molecule has 0 saturated heterocycles. The van der Waals surface area contributed by atoms with Gasteiger partial charge in [-0.05, 0) is 67.8 Å². The number of carbonyl (C=O) groups is 1. The molecule has 0 aliphatic heterocycles. The van der Waals surface area contributed by atoms with Gasteiger partial charge in [0.2, 0.25) is 0 Å². The number of aromatic nitrogens is 1. The van der Waals surface area contributed by atoms with Crippen molar-refractivity contribution >= 4 is 55.5 Å². The predicted octanol–water partition coefficient (Wildman–Crippen LogP) is 5.28. The number of halogens is 3. The second kappa shape index (κ2) is 10.2. The molecule has 0 spiro atoms. The molecule has 1 aromatic heterocycles. The molecular formula is C17H12Br2ClNO2. The molecule has 2 rings (SSSR count). The fraction of sp³-hybridized carbons (Fsp3) is 0.0588. The van der Waals surface area contributed by atoms with Crippen LogP contribution in [0.15, 0.2) is 46.0 Å². The van der Waals surface area contributed by atoms with E-state index < -0.39 is 0 Å². The van der Waals surface area contributed by atoms with Crippen LogP contribution in [-0.4, -0.2) is 18.1 Å². The lowest BCUT2D eigenvalue weighted by atomic mass is 10.1. The number of benzene rings is 1. The quantitative estimate of drug-likeness (QED) is 0.350. The first-order valence-corrected chi connectivity index (χ1v) is 8.22. The van der Waals surface area contributed by atoms with E-state index in [2.05, 4.69) is 47.5 Å². The third kappa shape index (κ3) is 7.47. The molecule has 1 heterocycles. The van der Waals surface area contributed by atoms with Crippen molar-refractivity contribution in [2.24, 2.45) is 0 Å². The number of terminal acetylenes is 1. The highest BCUT2D eigenvalue weighted by Gasteiger charge is 2.03. The van der Waals surface area contributed by atoms with Crippen molar-refractivity contribution in [3.63, 3.8) is 0 Å². The lowest BCUT2D eigenvalue weighted by Gasteiger charge is -1.99. The van der Waals surface area contributed by atoms with Crippen LogP contribution in [0.4, 0.5) is 0 Å². The Morgan fingerprint density at radius 3 is 2.35 bits per heavy atom. The molecule has 1 aromatic carbocycles. The van der Waals surface area contributed by atoms with E-state index in [1.807, 2.05) is 18.2 Å². The van der Waals surface area contributed by atoms with Crippen LogP contribution in [0.5, 0.6) is 0 Å². The van der Waals surface area contributed by atoms with Crippen LogP contribution in [-0.2, 0) is 4.74 Å². The Bertz CT molecular complexity index is 716. The zero-order valence-electron chi connectivity index (χ0n) is 12.1. The molecule has 2 aromatic rings. The summed E-state index contributed by atoms with van der Waals surface area (Å²) in [5, 5.41) is 0.467. The minimum Gasteiger partial charge on any atom is -0.465 e. The van der Waals surface area contributed by atoms with Gasteiger partial charge in [0, 0.05) is 11.8 Å². The molecule has 118 valence electrons. The lowest BCUT2D eigenvalue weighted by molar-refractivity contribution is 0.0601. The highest BCUT2D eigenvalue weighted by Crippen LogP contribution is 2.18. The lowest BCUT2D eigenvalue weighted by Crippen LogP contribution is -2.00. The van der Waals surface area contributed by atoms with Crippen LogP contribution < -0.4 is 0 Å². The largest absolute Gasteiger partial charge is 0.465 e. The zero-order chi connectivity index (χ0) is 17.2. The van der Waals surface area contributed by atoms with Crippen molar-refractivity contribution in [1.82, 2.24) is 4.98 Å². The van der Waals surface area contributed by atoms with Crippen molar-refractivity contribution in [3.05, 3.63) is 67.8 Å². The molecule has 0 fully saturated rings. The number of hydrogen-bond donors (Lipinski definition) is 0. The number of pyridine rings is 1. The summed E-state index contributed by atoms with van der Waals surface area (Å²) in [4.78, 5) is 14.9. The third-order valence-corrected chi connectivity index (χ3v) is 3.18. The van der Waals surface area contributed by atoms with E-state index in [9.17, 15) is 4.79 Å². The van der Waals surface area contributed by atoms with Crippen LogP contribution in [0.25, 0.3) is 6.08 Å². The maximum absolute atomic E-state index is 11.1. The van der Waals surface area contributed by atoms with Crippen LogP contribution in [0.3, 0.4) is 0 Å². The standard InChI is InChI=1S/C10H8Br2O2.C7H4ClN/c1-14-10(13)8-4-2-7(3-5-8)6-9(11)12;1-2-6-3-4-7(8)9-5-6/h2-6H,1H3;1,3-5H. The average Bonchev–Trinajstić information content (AvgIpc) is 2.55. The van der Waals surface area contributed by atoms with Gasteiger partial charge in [0.15, 0.2) is 0 Å². The number of carbonyl (C=O) groups excluding carboxylic acids is 1. The maximum Gasteiger partial charge on any atom is 0.337 e. The molecule has 0 unspecified atom stereocenters. The summed E-state index contributed by atoms with van der Waals surface area (Å²) >= 11 is 12.0. The van der Waals surface area contributed by atoms with Crippen molar-refractivity contribution in [1.29, 1.82) is 0 Å². The second-order valence-electron chi connectivity index (χ2n) is 4.06. The molecule has 0 radical (unpaired) electrons. The maximum atomic E-state index is 11.1. The molecule has 0 aliphatic rings. The summed E-state index contributed by atoms with van der Waals surface area (Å²) in [6.07, 6.45) is 8.51. The Labute approximate surface area is 157 Å². The zero-order valence-corrected chi connectivity index (χ0v) is 16.0. The fourth-order valence-electron chi connectivity index (χ4n) is 1.42. The van der Waals surface area contributed by atoms with E-state index in [0.29, 0.717) is 10.7 Å². The number of hydrogen-bond acceptors (Lipinski definition) is 3. The number of methoxy groups -OCH3 is 1. The SMILES string of the molecule is C#Cc1ccc(Cl)nc1.COC(=O)c1ccc(C=C(Br)Br)cc1. The van der Waals surface area contributed by atoms with E-state index in [1.54, 1.807) is 30.5 Å². The van der Waals surface area contributed by atoms with E-state index >= 15 is 0 Å². The van der Waals surface area contributed by atoms with Gasteiger partial charge in [-0.25, -0.2) is 9.78 Å². The average molecular weight is 458 g/mol. The van der Waals surface area contributed by atoms with Crippen LogP contribution in [0.2, 0.25) is 5.15 Å². The second-order valence-corrected chi connectivity index (χ2v) is 7.22. The van der Waals surface area contributed by atoms with Crippen LogP contribution >= 0.6 is 43.5 Å². The Morgan fingerprint density at radius 2 is 1.91 bits per heavy atom. The topological polar surface area (TPSA) is 39.2 Å². The summed E-state index contributed by atoms with van der Waals surface area (Å²) in [5.41, 5.74) is 2.30. The summed E-state index contributed by atoms with van der Waals surface area (Å²) in [6.45, 7) is 0. The first kappa shape index (κ1) is 19.4. The van der Waals surface area contributed by atoms with Gasteiger partial charge in [0.25, 0.3) is 0 Å². The van der Waals surface area contributed by atoms with Gasteiger partial charge < -0.3 is 4.74 Å². The molecule has 3 nitrogen and oxygen atoms in total. The van der Waals surface area contributed by atoms with Gasteiger partial charge in [0.1, 0.15) is 5.15 Å². The number of rotatable bonds is 2. The Kier molecular flexibility index (Phi) is 8.64. The molecule has 23 heavy (non-hydrogen) atoms. The van der Waals surface area contributed by atoms with E-state index in [4.69, 9.17) is 18.0 Å². The van der Waals surface area contributed by atoms with Crippen molar-refractivity contribution in [2.75, 3.05) is 7.11 Å². The van der Waals surface area contributed by atoms with Crippen molar-refractivity contribution in [3.8, 4) is 12.3 Å². The number of nitrogens with zero attached hydrogens (tertiary/aromatic N) is 1. The molecule has 0 bridgehead atoms. The first-order valence-electron chi connectivity index (χ1n) is 6.25. The Balaban J connectivity index is 0.000000253. The number of ether oxygens (including phenoxy) is 1. The molecule has 0 aliphatic carbocycles. The first-order chi connectivity index (χ1) is 11.0. The highest BCUT2D eigenvalue weighted by molar-refractivity contribution is 9.28. The summed E-state index contributed by atoms with van der Waals surface area (Å²) in [7, 11) is 1.37. The minimum absolute atomic E-state index is 0.321. The molecule has 0 amide bonds. The van der Waals surface area contributed by atoms with Crippen molar-refractivity contribution in [2.45, 2.75) is 0 Å². The third-order valence-electron chi connectivity index (χ3n) is 2.50. The van der Waals surface area contributed by atoms with Gasteiger partial charge >= 0.3 is 5.97 Å². The summed E-state index contributed by atoms with van der Waals surface area (Å²) in [5.74, 6) is 2.11.